The van der Waals surface area contributed by atoms with Crippen LogP contribution in [0.25, 0.3) is 16.3 Å². The maximum Gasteiger partial charge on any atom is 0.271 e. The molecule has 1 amide bonds. The molecule has 0 fully saturated rings. The number of halogens is 1. The first kappa shape index (κ1) is 20.8. The third kappa shape index (κ3) is 3.83. The maximum absolute atomic E-state index is 14.9. The lowest BCUT2D eigenvalue weighted by Crippen LogP contribution is -2.45. The molecule has 0 spiro atoms. The maximum atomic E-state index is 14.9. The molecule has 1 N–H and O–H groups in total. The fourth-order valence-electron chi connectivity index (χ4n) is 4.44. The number of likely N-dealkylation sites (N-methyl/N-ethyl adjacent to an activating group) is 1. The summed E-state index contributed by atoms with van der Waals surface area (Å²) in [6.07, 6.45) is 3.56. The van der Waals surface area contributed by atoms with Crippen LogP contribution >= 0.6 is 0 Å². The van der Waals surface area contributed by atoms with Gasteiger partial charge in [0.25, 0.3) is 5.91 Å². The van der Waals surface area contributed by atoms with Crippen molar-refractivity contribution in [2.75, 3.05) is 11.4 Å². The number of hydrazone groups is 1. The minimum atomic E-state index is -0.370. The lowest BCUT2D eigenvalue weighted by atomic mass is 9.88. The average Bonchev–Trinajstić information content (AvgIpc) is 2.73. The number of hydrogen-bond acceptors (Lipinski definition) is 3. The zero-order chi connectivity index (χ0) is 22.2. The Labute approximate surface area is 182 Å². The summed E-state index contributed by atoms with van der Waals surface area (Å²) in [4.78, 5) is 14.8. The highest BCUT2D eigenvalue weighted by molar-refractivity contribution is 6.07. The third-order valence-corrected chi connectivity index (χ3v) is 5.82. The van der Waals surface area contributed by atoms with Crippen LogP contribution in [-0.2, 0) is 0 Å². The highest BCUT2D eigenvalue weighted by atomic mass is 19.1. The quantitative estimate of drug-likeness (QED) is 0.435. The number of allylic oxidation sites excluding steroid dienone is 1. The summed E-state index contributed by atoms with van der Waals surface area (Å²) in [6, 6.07) is 16.6. The van der Waals surface area contributed by atoms with Gasteiger partial charge in [0.2, 0.25) is 0 Å². The van der Waals surface area contributed by atoms with Crippen LogP contribution in [0.4, 0.5) is 10.1 Å². The van der Waals surface area contributed by atoms with Crippen molar-refractivity contribution in [1.29, 1.82) is 0 Å². The molecule has 0 atom stereocenters. The summed E-state index contributed by atoms with van der Waals surface area (Å²) in [7, 11) is 0. The van der Waals surface area contributed by atoms with Gasteiger partial charge < -0.3 is 4.90 Å². The second-order valence-corrected chi connectivity index (χ2v) is 8.34. The Morgan fingerprint density at radius 2 is 1.90 bits per heavy atom. The Bertz CT molecular complexity index is 1220. The van der Waals surface area contributed by atoms with Gasteiger partial charge in [-0.3, -0.25) is 4.79 Å². The number of carbonyl (C=O) groups excluding carboxylic acids is 1. The Morgan fingerprint density at radius 1 is 1.16 bits per heavy atom. The van der Waals surface area contributed by atoms with E-state index in [1.165, 1.54) is 6.21 Å². The molecule has 0 aromatic heterocycles. The summed E-state index contributed by atoms with van der Waals surface area (Å²) < 4.78 is 14.9. The van der Waals surface area contributed by atoms with Gasteiger partial charge >= 0.3 is 0 Å². The highest BCUT2D eigenvalue weighted by Crippen LogP contribution is 2.39. The van der Waals surface area contributed by atoms with Gasteiger partial charge in [-0.25, -0.2) is 9.82 Å². The van der Waals surface area contributed by atoms with E-state index in [4.69, 9.17) is 0 Å². The smallest absolute Gasteiger partial charge is 0.271 e. The van der Waals surface area contributed by atoms with E-state index in [1.807, 2.05) is 43.3 Å². The molecule has 158 valence electrons. The van der Waals surface area contributed by atoms with Crippen molar-refractivity contribution in [3.8, 4) is 0 Å². The van der Waals surface area contributed by atoms with E-state index in [2.05, 4.69) is 42.3 Å². The summed E-state index contributed by atoms with van der Waals surface area (Å²) in [5.41, 5.74) is 6.16. The Morgan fingerprint density at radius 3 is 2.68 bits per heavy atom. The molecular formula is C26H26FN3O. The van der Waals surface area contributed by atoms with E-state index in [0.717, 1.165) is 34.1 Å². The van der Waals surface area contributed by atoms with Gasteiger partial charge in [0.05, 0.1) is 11.8 Å². The number of hydrogen-bond donors (Lipinski definition) is 1. The fraction of sp³-hybridized carbons (Fsp3) is 0.231. The normalized spacial score (nSPS) is 15.1. The van der Waals surface area contributed by atoms with Crippen LogP contribution in [-0.4, -0.2) is 24.2 Å². The number of carbonyl (C=O) groups is 1. The SMILES string of the molecule is CCN1c2cc(F)c(/C=N\NC(=O)c3cccc4ccccc34)cc2C(C)=CC1(C)C. The number of benzene rings is 3. The second kappa shape index (κ2) is 7.99. The van der Waals surface area contributed by atoms with E-state index in [-0.39, 0.29) is 17.3 Å². The molecule has 0 aliphatic carbocycles. The summed E-state index contributed by atoms with van der Waals surface area (Å²) in [6.45, 7) is 9.13. The van der Waals surface area contributed by atoms with E-state index in [9.17, 15) is 9.18 Å². The van der Waals surface area contributed by atoms with Gasteiger partial charge in [0, 0.05) is 28.9 Å². The van der Waals surface area contributed by atoms with Crippen LogP contribution in [0.3, 0.4) is 0 Å². The van der Waals surface area contributed by atoms with Crippen molar-refractivity contribution < 1.29 is 9.18 Å². The van der Waals surface area contributed by atoms with Crippen LogP contribution in [0.2, 0.25) is 0 Å². The van der Waals surface area contributed by atoms with Gasteiger partial charge in [-0.05, 0) is 62.2 Å². The predicted octanol–water partition coefficient (Wildman–Crippen LogP) is 5.76. The van der Waals surface area contributed by atoms with Gasteiger partial charge in [-0.1, -0.05) is 42.5 Å². The van der Waals surface area contributed by atoms with Crippen LogP contribution in [0.15, 0.2) is 65.8 Å². The zero-order valence-electron chi connectivity index (χ0n) is 18.2. The van der Waals surface area contributed by atoms with E-state index in [1.54, 1.807) is 18.2 Å². The lowest BCUT2D eigenvalue weighted by Gasteiger charge is -2.42. The number of nitrogens with one attached hydrogen (secondary N) is 1. The molecule has 0 unspecified atom stereocenters. The molecule has 5 heteroatoms. The topological polar surface area (TPSA) is 44.7 Å². The lowest BCUT2D eigenvalue weighted by molar-refractivity contribution is 0.0957. The average molecular weight is 416 g/mol. The Kier molecular flexibility index (Phi) is 5.36. The van der Waals surface area contributed by atoms with Crippen molar-refractivity contribution >= 4 is 34.2 Å². The summed E-state index contributed by atoms with van der Waals surface area (Å²) in [5.74, 6) is -0.702. The molecule has 4 rings (SSSR count). The Balaban J connectivity index is 1.60. The molecule has 0 radical (unpaired) electrons. The highest BCUT2D eigenvalue weighted by Gasteiger charge is 2.30. The molecule has 1 aliphatic rings. The molecule has 3 aromatic rings. The third-order valence-electron chi connectivity index (χ3n) is 5.82. The van der Waals surface area contributed by atoms with Crippen LogP contribution in [0.5, 0.6) is 0 Å². The zero-order valence-corrected chi connectivity index (χ0v) is 18.2. The number of fused-ring (bicyclic) bond motifs is 2. The molecular weight excluding hydrogens is 389 g/mol. The standard InChI is InChI=1S/C26H26FN3O/c1-5-30-24-14-23(27)19(13-22(24)17(2)15-26(30,3)4)16-28-29-25(31)21-12-8-10-18-9-6-7-11-20(18)21/h6-16H,5H2,1-4H3,(H,29,31)/b28-16-. The van der Waals surface area contributed by atoms with Crippen molar-refractivity contribution in [3.63, 3.8) is 0 Å². The van der Waals surface area contributed by atoms with Gasteiger partial charge in [0.15, 0.2) is 0 Å². The number of rotatable bonds is 4. The monoisotopic (exact) mass is 415 g/mol. The molecule has 1 aliphatic heterocycles. The van der Waals surface area contributed by atoms with E-state index in [0.29, 0.717) is 11.1 Å². The number of nitrogens with zero attached hydrogens (tertiary/aromatic N) is 2. The number of anilines is 1. The number of amides is 1. The van der Waals surface area contributed by atoms with E-state index >= 15 is 0 Å². The molecule has 0 saturated heterocycles. The van der Waals surface area contributed by atoms with Crippen molar-refractivity contribution in [2.24, 2.45) is 5.10 Å². The largest absolute Gasteiger partial charge is 0.363 e. The molecule has 3 aromatic carbocycles. The van der Waals surface area contributed by atoms with Crippen molar-refractivity contribution in [1.82, 2.24) is 5.43 Å². The van der Waals surface area contributed by atoms with Crippen molar-refractivity contribution in [2.45, 2.75) is 33.2 Å². The van der Waals surface area contributed by atoms with Gasteiger partial charge in [-0.15, -0.1) is 0 Å². The van der Waals surface area contributed by atoms with E-state index < -0.39 is 0 Å². The van der Waals surface area contributed by atoms with Crippen LogP contribution < -0.4 is 10.3 Å². The first-order valence-corrected chi connectivity index (χ1v) is 10.4. The minimum Gasteiger partial charge on any atom is -0.363 e. The fourth-order valence-corrected chi connectivity index (χ4v) is 4.44. The molecule has 4 nitrogen and oxygen atoms in total. The van der Waals surface area contributed by atoms with Crippen molar-refractivity contribution in [3.05, 3.63) is 83.2 Å². The molecule has 31 heavy (non-hydrogen) atoms. The first-order chi connectivity index (χ1) is 14.8. The minimum absolute atomic E-state index is 0.180. The predicted molar refractivity (Wildman–Crippen MR) is 126 cm³/mol. The molecule has 0 saturated carbocycles. The first-order valence-electron chi connectivity index (χ1n) is 10.4. The summed E-state index contributed by atoms with van der Waals surface area (Å²) in [5, 5.41) is 5.85. The summed E-state index contributed by atoms with van der Waals surface area (Å²) >= 11 is 0. The van der Waals surface area contributed by atoms with Crippen LogP contribution in [0.1, 0.15) is 49.2 Å². The van der Waals surface area contributed by atoms with Gasteiger partial charge in [0.1, 0.15) is 5.82 Å². The second-order valence-electron chi connectivity index (χ2n) is 8.34. The molecule has 0 bridgehead atoms. The van der Waals surface area contributed by atoms with Gasteiger partial charge in [-0.2, -0.15) is 5.10 Å². The molecule has 1 heterocycles. The Hall–Kier alpha value is -3.47. The van der Waals surface area contributed by atoms with Crippen LogP contribution in [0, 0.1) is 5.82 Å².